The summed E-state index contributed by atoms with van der Waals surface area (Å²) in [6, 6.07) is 3.32. The molecule has 0 spiro atoms. The summed E-state index contributed by atoms with van der Waals surface area (Å²) in [5, 5.41) is 6.96. The fourth-order valence-corrected chi connectivity index (χ4v) is 2.85. The predicted octanol–water partition coefficient (Wildman–Crippen LogP) is 1.29. The van der Waals surface area contributed by atoms with Gasteiger partial charge in [-0.3, -0.25) is 0 Å². The highest BCUT2D eigenvalue weighted by Crippen LogP contribution is 2.11. The van der Waals surface area contributed by atoms with Crippen LogP contribution in [0.4, 0.5) is 0 Å². The van der Waals surface area contributed by atoms with Crippen LogP contribution in [0.3, 0.4) is 0 Å². The quantitative estimate of drug-likeness (QED) is 0.638. The van der Waals surface area contributed by atoms with Crippen molar-refractivity contribution in [3.63, 3.8) is 0 Å². The van der Waals surface area contributed by atoms with Gasteiger partial charge in [0.15, 0.2) is 0 Å². The number of nitrogens with zero attached hydrogens (tertiary/aromatic N) is 1. The fourth-order valence-electron chi connectivity index (χ4n) is 1.83. The summed E-state index contributed by atoms with van der Waals surface area (Å²) >= 11 is 0. The van der Waals surface area contributed by atoms with Crippen molar-refractivity contribution in [3.8, 4) is 0 Å². The average Bonchev–Trinajstić information content (AvgIpc) is 3.06. The molecule has 3 N–H and O–H groups in total. The minimum absolute atomic E-state index is 0.105. The van der Waals surface area contributed by atoms with Crippen LogP contribution in [-0.2, 0) is 23.1 Å². The van der Waals surface area contributed by atoms with E-state index in [-0.39, 0.29) is 11.4 Å². The lowest BCUT2D eigenvalue weighted by molar-refractivity contribution is 0.390. The smallest absolute Gasteiger partial charge is 0.242 e. The van der Waals surface area contributed by atoms with Crippen LogP contribution in [0.15, 0.2) is 27.7 Å². The molecule has 0 amide bonds. The van der Waals surface area contributed by atoms with Crippen molar-refractivity contribution in [1.82, 2.24) is 20.2 Å². The molecule has 0 fully saturated rings. The maximum absolute atomic E-state index is 12.1. The van der Waals surface area contributed by atoms with Crippen LogP contribution >= 0.6 is 0 Å². The van der Waals surface area contributed by atoms with Crippen LogP contribution in [0.5, 0.6) is 0 Å². The molecule has 0 atom stereocenters. The van der Waals surface area contributed by atoms with Gasteiger partial charge in [-0.1, -0.05) is 12.1 Å². The zero-order chi connectivity index (χ0) is 15.3. The molecular weight excluding hydrogens is 292 g/mol. The number of hydrogen-bond acceptors (Lipinski definition) is 5. The highest BCUT2D eigenvalue weighted by Gasteiger charge is 2.16. The van der Waals surface area contributed by atoms with Crippen LogP contribution in [0.1, 0.15) is 30.5 Å². The Kier molecular flexibility index (Phi) is 5.16. The number of rotatable bonds is 8. The normalized spacial score (nSPS) is 11.9. The summed E-state index contributed by atoms with van der Waals surface area (Å²) in [7, 11) is -3.55. The summed E-state index contributed by atoms with van der Waals surface area (Å²) < 4.78 is 31.7. The lowest BCUT2D eigenvalue weighted by Crippen LogP contribution is -2.23. The largest absolute Gasteiger partial charge is 0.363 e. The molecule has 0 aliphatic rings. The molecule has 21 heavy (non-hydrogen) atoms. The predicted molar refractivity (Wildman–Crippen MR) is 78.1 cm³/mol. The first-order chi connectivity index (χ1) is 10.0. The molecule has 2 aromatic heterocycles. The summed E-state index contributed by atoms with van der Waals surface area (Å²) in [6.07, 6.45) is 2.52. The summed E-state index contributed by atoms with van der Waals surface area (Å²) in [4.78, 5) is 3.18. The third-order valence-electron chi connectivity index (χ3n) is 2.89. The van der Waals surface area contributed by atoms with Gasteiger partial charge in [-0.25, -0.2) is 13.1 Å². The Hall–Kier alpha value is -1.64. The number of hydrogen-bond donors (Lipinski definition) is 3. The monoisotopic (exact) mass is 312 g/mol. The first-order valence-electron chi connectivity index (χ1n) is 6.81. The van der Waals surface area contributed by atoms with Crippen LogP contribution in [0, 0.1) is 6.92 Å². The lowest BCUT2D eigenvalue weighted by atomic mass is 10.4. The molecular formula is C13H20N4O3S. The van der Waals surface area contributed by atoms with Gasteiger partial charge in [0.2, 0.25) is 10.0 Å². The van der Waals surface area contributed by atoms with Crippen LogP contribution in [0.25, 0.3) is 0 Å². The topological polar surface area (TPSA) is 100 Å². The minimum atomic E-state index is -3.55. The standard InChI is InChI=1S/C13H20N4O3S/c1-3-4-14-7-11-6-13(9-15-11)21(18,19)16-8-12-5-10(2)20-17-12/h5-6,9,14-16H,3-4,7-8H2,1-2H3. The molecule has 2 aromatic rings. The molecule has 8 heteroatoms. The number of nitrogens with one attached hydrogen (secondary N) is 3. The van der Waals surface area contributed by atoms with E-state index >= 15 is 0 Å². The molecule has 0 aliphatic carbocycles. The highest BCUT2D eigenvalue weighted by molar-refractivity contribution is 7.89. The second-order valence-electron chi connectivity index (χ2n) is 4.79. The fraction of sp³-hybridized carbons (Fsp3) is 0.462. The second kappa shape index (κ2) is 6.88. The van der Waals surface area contributed by atoms with Gasteiger partial charge in [-0.15, -0.1) is 0 Å². The summed E-state index contributed by atoms with van der Waals surface area (Å²) in [5.74, 6) is 0.648. The molecule has 7 nitrogen and oxygen atoms in total. The molecule has 0 bridgehead atoms. The Bertz CT molecular complexity index is 675. The molecule has 0 aromatic carbocycles. The van der Waals surface area contributed by atoms with Crippen LogP contribution in [-0.4, -0.2) is 25.1 Å². The van der Waals surface area contributed by atoms with Crippen molar-refractivity contribution < 1.29 is 12.9 Å². The number of sulfonamides is 1. The third-order valence-corrected chi connectivity index (χ3v) is 4.27. The Labute approximate surface area is 124 Å². The van der Waals surface area contributed by atoms with Crippen molar-refractivity contribution in [2.75, 3.05) is 6.54 Å². The molecule has 0 unspecified atom stereocenters. The highest BCUT2D eigenvalue weighted by atomic mass is 32.2. The van der Waals surface area contributed by atoms with E-state index in [1.54, 1.807) is 19.1 Å². The molecule has 116 valence electrons. The number of aromatic nitrogens is 2. The molecule has 0 aliphatic heterocycles. The Balaban J connectivity index is 1.95. The maximum Gasteiger partial charge on any atom is 0.242 e. The van der Waals surface area contributed by atoms with Crippen LogP contribution in [0.2, 0.25) is 0 Å². The van der Waals surface area contributed by atoms with Gasteiger partial charge >= 0.3 is 0 Å². The van der Waals surface area contributed by atoms with E-state index < -0.39 is 10.0 Å². The van der Waals surface area contributed by atoms with E-state index in [0.717, 1.165) is 18.7 Å². The van der Waals surface area contributed by atoms with E-state index in [9.17, 15) is 8.42 Å². The van der Waals surface area contributed by atoms with E-state index in [0.29, 0.717) is 18.0 Å². The number of aromatic amines is 1. The number of H-pyrrole nitrogens is 1. The Morgan fingerprint density at radius 2 is 2.14 bits per heavy atom. The average molecular weight is 312 g/mol. The van der Waals surface area contributed by atoms with Crippen molar-refractivity contribution in [3.05, 3.63) is 35.5 Å². The van der Waals surface area contributed by atoms with E-state index in [4.69, 9.17) is 4.52 Å². The third kappa shape index (κ3) is 4.42. The van der Waals surface area contributed by atoms with E-state index in [2.05, 4.69) is 27.1 Å². The first kappa shape index (κ1) is 15.7. The molecule has 2 heterocycles. The van der Waals surface area contributed by atoms with E-state index in [1.807, 2.05) is 0 Å². The Morgan fingerprint density at radius 1 is 1.33 bits per heavy atom. The summed E-state index contributed by atoms with van der Waals surface area (Å²) in [5.41, 5.74) is 1.39. The maximum atomic E-state index is 12.1. The van der Waals surface area contributed by atoms with Crippen molar-refractivity contribution in [1.29, 1.82) is 0 Å². The van der Waals surface area contributed by atoms with Crippen molar-refractivity contribution in [2.24, 2.45) is 0 Å². The minimum Gasteiger partial charge on any atom is -0.363 e. The summed E-state index contributed by atoms with van der Waals surface area (Å²) in [6.45, 7) is 5.45. The number of aryl methyl sites for hydroxylation is 1. The first-order valence-corrected chi connectivity index (χ1v) is 8.29. The van der Waals surface area contributed by atoms with Gasteiger partial charge in [0.25, 0.3) is 0 Å². The molecule has 0 radical (unpaired) electrons. The van der Waals surface area contributed by atoms with Gasteiger partial charge in [0.1, 0.15) is 5.76 Å². The van der Waals surface area contributed by atoms with Gasteiger partial charge in [0.05, 0.1) is 17.1 Å². The van der Waals surface area contributed by atoms with Gasteiger partial charge in [-0.2, -0.15) is 0 Å². The molecule has 2 rings (SSSR count). The molecule has 0 saturated carbocycles. The zero-order valence-corrected chi connectivity index (χ0v) is 13.0. The van der Waals surface area contributed by atoms with Gasteiger partial charge in [-0.05, 0) is 26.0 Å². The molecule has 0 saturated heterocycles. The van der Waals surface area contributed by atoms with Gasteiger partial charge in [0, 0.05) is 24.5 Å². The van der Waals surface area contributed by atoms with E-state index in [1.165, 1.54) is 6.20 Å². The Morgan fingerprint density at radius 3 is 2.81 bits per heavy atom. The second-order valence-corrected chi connectivity index (χ2v) is 6.56. The van der Waals surface area contributed by atoms with Crippen LogP contribution < -0.4 is 10.0 Å². The SMILES string of the molecule is CCCNCc1cc(S(=O)(=O)NCc2cc(C)on2)c[nH]1. The zero-order valence-electron chi connectivity index (χ0n) is 12.1. The van der Waals surface area contributed by atoms with Crippen molar-refractivity contribution in [2.45, 2.75) is 38.3 Å². The van der Waals surface area contributed by atoms with Gasteiger partial charge < -0.3 is 14.8 Å². The lowest BCUT2D eigenvalue weighted by Gasteiger charge is -2.02. The van der Waals surface area contributed by atoms with Crippen molar-refractivity contribution >= 4 is 10.0 Å².